The van der Waals surface area contributed by atoms with Crippen LogP contribution in [-0.4, -0.2) is 17.8 Å². The van der Waals surface area contributed by atoms with Gasteiger partial charge in [-0.3, -0.25) is 5.32 Å². The molecule has 2 nitrogen and oxygen atoms in total. The number of nitrogens with one attached hydrogen (secondary N) is 1. The highest BCUT2D eigenvalue weighted by atomic mass is 32.2. The van der Waals surface area contributed by atoms with Gasteiger partial charge in [0.25, 0.3) is 0 Å². The standard InChI is InChI=1S/C18H28N2S/c1-4-11-20-18(5-2,15-19)10-7-12-21-14-17-9-6-8-16(3)13-17/h6,8-9,13,20H,4-5,7,10-12,14H2,1-3H3. The molecule has 0 bridgehead atoms. The highest BCUT2D eigenvalue weighted by molar-refractivity contribution is 7.98. The summed E-state index contributed by atoms with van der Waals surface area (Å²) in [5.74, 6) is 2.18. The van der Waals surface area contributed by atoms with Crippen LogP contribution in [-0.2, 0) is 5.75 Å². The van der Waals surface area contributed by atoms with Crippen LogP contribution in [0.25, 0.3) is 0 Å². The molecule has 1 N–H and O–H groups in total. The second-order valence-electron chi connectivity index (χ2n) is 5.62. The number of nitrogens with zero attached hydrogens (tertiary/aromatic N) is 1. The van der Waals surface area contributed by atoms with Crippen LogP contribution in [0.4, 0.5) is 0 Å². The Morgan fingerprint density at radius 3 is 2.76 bits per heavy atom. The van der Waals surface area contributed by atoms with Gasteiger partial charge in [-0.2, -0.15) is 17.0 Å². The van der Waals surface area contributed by atoms with Crippen molar-refractivity contribution in [3.05, 3.63) is 35.4 Å². The van der Waals surface area contributed by atoms with Gasteiger partial charge in [0.2, 0.25) is 0 Å². The zero-order valence-corrected chi connectivity index (χ0v) is 14.4. The van der Waals surface area contributed by atoms with E-state index in [2.05, 4.69) is 56.4 Å². The molecule has 0 heterocycles. The Morgan fingerprint density at radius 1 is 1.33 bits per heavy atom. The Labute approximate surface area is 134 Å². The summed E-state index contributed by atoms with van der Waals surface area (Å²) in [6, 6.07) is 11.2. The van der Waals surface area contributed by atoms with Crippen molar-refractivity contribution in [3.63, 3.8) is 0 Å². The van der Waals surface area contributed by atoms with E-state index in [0.29, 0.717) is 0 Å². The molecule has 0 spiro atoms. The summed E-state index contributed by atoms with van der Waals surface area (Å²) in [7, 11) is 0. The molecule has 0 saturated heterocycles. The average Bonchev–Trinajstić information content (AvgIpc) is 2.50. The lowest BCUT2D eigenvalue weighted by Gasteiger charge is -2.26. The Morgan fingerprint density at radius 2 is 2.14 bits per heavy atom. The third kappa shape index (κ3) is 6.54. The van der Waals surface area contributed by atoms with Crippen molar-refractivity contribution in [1.29, 1.82) is 5.26 Å². The van der Waals surface area contributed by atoms with Gasteiger partial charge in [-0.1, -0.05) is 43.7 Å². The van der Waals surface area contributed by atoms with E-state index in [9.17, 15) is 5.26 Å². The molecule has 21 heavy (non-hydrogen) atoms. The Hall–Kier alpha value is -0.980. The maximum Gasteiger partial charge on any atom is 0.106 e. The van der Waals surface area contributed by atoms with Crippen molar-refractivity contribution in [1.82, 2.24) is 5.32 Å². The highest BCUT2D eigenvalue weighted by Gasteiger charge is 2.25. The van der Waals surface area contributed by atoms with Crippen LogP contribution in [0.1, 0.15) is 50.7 Å². The molecule has 1 aromatic rings. The van der Waals surface area contributed by atoms with Crippen molar-refractivity contribution in [3.8, 4) is 6.07 Å². The van der Waals surface area contributed by atoms with Crippen LogP contribution in [0.3, 0.4) is 0 Å². The first-order valence-electron chi connectivity index (χ1n) is 7.95. The molecule has 1 unspecified atom stereocenters. The third-order valence-electron chi connectivity index (χ3n) is 3.77. The van der Waals surface area contributed by atoms with Crippen molar-refractivity contribution < 1.29 is 0 Å². The Balaban J connectivity index is 2.30. The lowest BCUT2D eigenvalue weighted by molar-refractivity contribution is 0.371. The minimum atomic E-state index is -0.320. The number of hydrogen-bond acceptors (Lipinski definition) is 3. The maximum atomic E-state index is 9.45. The Bertz CT molecular complexity index is 453. The molecule has 0 aliphatic carbocycles. The van der Waals surface area contributed by atoms with Crippen LogP contribution >= 0.6 is 11.8 Å². The third-order valence-corrected chi connectivity index (χ3v) is 4.89. The molecule has 0 aliphatic heterocycles. The van der Waals surface area contributed by atoms with Crippen LogP contribution in [0.15, 0.2) is 24.3 Å². The van der Waals surface area contributed by atoms with Gasteiger partial charge in [-0.15, -0.1) is 0 Å². The summed E-state index contributed by atoms with van der Waals surface area (Å²) < 4.78 is 0. The molecule has 0 radical (unpaired) electrons. The molecule has 1 atom stereocenters. The first-order chi connectivity index (χ1) is 10.2. The fraction of sp³-hybridized carbons (Fsp3) is 0.611. The van der Waals surface area contributed by atoms with E-state index >= 15 is 0 Å². The van der Waals surface area contributed by atoms with E-state index in [-0.39, 0.29) is 5.54 Å². The number of rotatable bonds is 10. The summed E-state index contributed by atoms with van der Waals surface area (Å²) in [6.45, 7) is 7.31. The smallest absolute Gasteiger partial charge is 0.106 e. The summed E-state index contributed by atoms with van der Waals surface area (Å²) >= 11 is 1.96. The van der Waals surface area contributed by atoms with E-state index < -0.39 is 0 Å². The molecule has 0 aliphatic rings. The Kier molecular flexibility index (Phi) is 8.49. The molecule has 0 amide bonds. The van der Waals surface area contributed by atoms with E-state index in [1.165, 1.54) is 11.1 Å². The van der Waals surface area contributed by atoms with Gasteiger partial charge in [0.1, 0.15) is 5.54 Å². The molecular formula is C18H28N2S. The van der Waals surface area contributed by atoms with Gasteiger partial charge in [0, 0.05) is 5.75 Å². The molecule has 0 saturated carbocycles. The average molecular weight is 305 g/mol. The van der Waals surface area contributed by atoms with Crippen molar-refractivity contribution in [2.45, 2.75) is 57.7 Å². The fourth-order valence-corrected chi connectivity index (χ4v) is 3.30. The minimum absolute atomic E-state index is 0.320. The number of thioether (sulfide) groups is 1. The summed E-state index contributed by atoms with van der Waals surface area (Å²) in [6.07, 6.45) is 3.99. The molecule has 0 aromatic heterocycles. The zero-order valence-electron chi connectivity index (χ0n) is 13.6. The topological polar surface area (TPSA) is 35.8 Å². The van der Waals surface area contributed by atoms with Crippen LogP contribution in [0.5, 0.6) is 0 Å². The van der Waals surface area contributed by atoms with Crippen LogP contribution in [0, 0.1) is 18.3 Å². The largest absolute Gasteiger partial charge is 0.299 e. The molecule has 116 valence electrons. The second kappa shape index (κ2) is 9.87. The van der Waals surface area contributed by atoms with Gasteiger partial charge < -0.3 is 0 Å². The summed E-state index contributed by atoms with van der Waals surface area (Å²) in [5.41, 5.74) is 2.40. The summed E-state index contributed by atoms with van der Waals surface area (Å²) in [4.78, 5) is 0. The number of hydrogen-bond donors (Lipinski definition) is 1. The molecule has 1 aromatic carbocycles. The van der Waals surface area contributed by atoms with Crippen molar-refractivity contribution in [2.24, 2.45) is 0 Å². The lowest BCUT2D eigenvalue weighted by atomic mass is 9.92. The first kappa shape index (κ1) is 18.1. The zero-order chi connectivity index (χ0) is 15.6. The first-order valence-corrected chi connectivity index (χ1v) is 9.11. The number of aryl methyl sites for hydroxylation is 1. The predicted octanol–water partition coefficient (Wildman–Crippen LogP) is 4.68. The summed E-state index contributed by atoms with van der Waals surface area (Å²) in [5, 5.41) is 12.9. The van der Waals surface area contributed by atoms with Crippen LogP contribution < -0.4 is 5.32 Å². The molecular weight excluding hydrogens is 276 g/mol. The van der Waals surface area contributed by atoms with Crippen molar-refractivity contribution in [2.75, 3.05) is 12.3 Å². The van der Waals surface area contributed by atoms with E-state index in [0.717, 1.165) is 43.7 Å². The van der Waals surface area contributed by atoms with Gasteiger partial charge in [-0.05, 0) is 50.5 Å². The second-order valence-corrected chi connectivity index (χ2v) is 6.72. The number of nitriles is 1. The fourth-order valence-electron chi connectivity index (χ4n) is 2.40. The van der Waals surface area contributed by atoms with Gasteiger partial charge in [0.15, 0.2) is 0 Å². The minimum Gasteiger partial charge on any atom is -0.299 e. The van der Waals surface area contributed by atoms with Crippen molar-refractivity contribution >= 4 is 11.8 Å². The molecule has 1 rings (SSSR count). The predicted molar refractivity (Wildman–Crippen MR) is 93.5 cm³/mol. The van der Waals surface area contributed by atoms with Gasteiger partial charge in [-0.25, -0.2) is 0 Å². The quantitative estimate of drug-likeness (QED) is 0.637. The van der Waals surface area contributed by atoms with E-state index in [1.54, 1.807) is 0 Å². The number of benzene rings is 1. The van der Waals surface area contributed by atoms with E-state index in [4.69, 9.17) is 0 Å². The molecule has 3 heteroatoms. The maximum absolute atomic E-state index is 9.45. The van der Waals surface area contributed by atoms with Crippen LogP contribution in [0.2, 0.25) is 0 Å². The SMILES string of the molecule is CCCNC(C#N)(CC)CCCSCc1cccc(C)c1. The normalized spacial score (nSPS) is 13.6. The van der Waals surface area contributed by atoms with Gasteiger partial charge >= 0.3 is 0 Å². The lowest BCUT2D eigenvalue weighted by Crippen LogP contribution is -2.43. The molecule has 0 fully saturated rings. The van der Waals surface area contributed by atoms with E-state index in [1.807, 2.05) is 11.8 Å². The monoisotopic (exact) mass is 304 g/mol. The highest BCUT2D eigenvalue weighted by Crippen LogP contribution is 2.20. The van der Waals surface area contributed by atoms with Gasteiger partial charge in [0.05, 0.1) is 6.07 Å².